The molecular weight excluding hydrogens is 454 g/mol. The standard InChI is InChI=1S/C34H35NO2/c1-2-37-32(36)27-33(28-15-7-3-8-16-28)23-25-35(26-24-33)34(29-17-9-4-10-18-29,30-19-11-5-12-20-30)31-21-13-6-14-22-31/h3-22H,2,23-27H2,1H3. The number of likely N-dealkylation sites (tertiary alicyclic amines) is 1. The molecule has 37 heavy (non-hydrogen) atoms. The van der Waals surface area contributed by atoms with Gasteiger partial charge in [-0.15, -0.1) is 0 Å². The summed E-state index contributed by atoms with van der Waals surface area (Å²) in [5.74, 6) is -0.111. The number of benzene rings is 4. The minimum absolute atomic E-state index is 0.111. The summed E-state index contributed by atoms with van der Waals surface area (Å²) in [7, 11) is 0. The maximum absolute atomic E-state index is 12.8. The van der Waals surface area contributed by atoms with E-state index >= 15 is 0 Å². The van der Waals surface area contributed by atoms with Gasteiger partial charge in [-0.05, 0) is 42.0 Å². The van der Waals surface area contributed by atoms with E-state index in [1.165, 1.54) is 22.3 Å². The molecule has 188 valence electrons. The van der Waals surface area contributed by atoms with E-state index in [2.05, 4.69) is 120 Å². The molecule has 1 aliphatic heterocycles. The molecule has 4 aromatic rings. The van der Waals surface area contributed by atoms with Crippen LogP contribution in [0.5, 0.6) is 0 Å². The van der Waals surface area contributed by atoms with Crippen molar-refractivity contribution in [3.8, 4) is 0 Å². The van der Waals surface area contributed by atoms with Gasteiger partial charge in [0, 0.05) is 18.5 Å². The number of ether oxygens (including phenoxy) is 1. The Hall–Kier alpha value is -3.69. The van der Waals surface area contributed by atoms with E-state index in [-0.39, 0.29) is 11.4 Å². The summed E-state index contributed by atoms with van der Waals surface area (Å²) < 4.78 is 5.44. The van der Waals surface area contributed by atoms with E-state index in [9.17, 15) is 4.79 Å². The monoisotopic (exact) mass is 489 g/mol. The highest BCUT2D eigenvalue weighted by Gasteiger charge is 2.47. The summed E-state index contributed by atoms with van der Waals surface area (Å²) in [6, 6.07) is 43.1. The molecule has 0 atom stereocenters. The molecule has 3 heteroatoms. The Kier molecular flexibility index (Phi) is 7.52. The summed E-state index contributed by atoms with van der Waals surface area (Å²) in [5, 5.41) is 0. The van der Waals surface area contributed by atoms with E-state index in [1.54, 1.807) is 0 Å². The average Bonchev–Trinajstić information content (AvgIpc) is 2.97. The molecule has 0 aliphatic carbocycles. The average molecular weight is 490 g/mol. The fourth-order valence-electron chi connectivity index (χ4n) is 6.20. The molecule has 0 radical (unpaired) electrons. The Morgan fingerprint density at radius 3 is 1.51 bits per heavy atom. The first-order valence-electron chi connectivity index (χ1n) is 13.3. The van der Waals surface area contributed by atoms with E-state index in [0.29, 0.717) is 13.0 Å². The molecule has 5 rings (SSSR count). The van der Waals surface area contributed by atoms with Gasteiger partial charge in [0.15, 0.2) is 0 Å². The molecule has 0 saturated carbocycles. The van der Waals surface area contributed by atoms with Crippen molar-refractivity contribution in [2.24, 2.45) is 0 Å². The second kappa shape index (κ2) is 11.1. The van der Waals surface area contributed by atoms with Crippen LogP contribution in [0.3, 0.4) is 0 Å². The van der Waals surface area contributed by atoms with Crippen LogP contribution in [0.2, 0.25) is 0 Å². The molecule has 0 unspecified atom stereocenters. The predicted octanol–water partition coefficient (Wildman–Crippen LogP) is 6.97. The molecule has 0 aromatic heterocycles. The fourth-order valence-corrected chi connectivity index (χ4v) is 6.20. The number of esters is 1. The molecule has 4 aromatic carbocycles. The zero-order valence-electron chi connectivity index (χ0n) is 21.6. The van der Waals surface area contributed by atoms with Crippen molar-refractivity contribution in [2.75, 3.05) is 19.7 Å². The van der Waals surface area contributed by atoms with Crippen LogP contribution in [-0.4, -0.2) is 30.6 Å². The largest absolute Gasteiger partial charge is 0.466 e. The number of hydrogen-bond acceptors (Lipinski definition) is 3. The summed E-state index contributed by atoms with van der Waals surface area (Å²) in [6.07, 6.45) is 2.17. The Morgan fingerprint density at radius 1 is 0.703 bits per heavy atom. The van der Waals surface area contributed by atoms with Gasteiger partial charge in [-0.3, -0.25) is 9.69 Å². The number of piperidine rings is 1. The van der Waals surface area contributed by atoms with Gasteiger partial charge < -0.3 is 4.74 Å². The highest BCUT2D eigenvalue weighted by atomic mass is 16.5. The quantitative estimate of drug-likeness (QED) is 0.198. The molecule has 1 saturated heterocycles. The minimum Gasteiger partial charge on any atom is -0.466 e. The number of nitrogens with zero attached hydrogens (tertiary/aromatic N) is 1. The maximum atomic E-state index is 12.8. The minimum atomic E-state index is -0.434. The van der Waals surface area contributed by atoms with Crippen molar-refractivity contribution in [3.63, 3.8) is 0 Å². The van der Waals surface area contributed by atoms with E-state index in [0.717, 1.165) is 25.9 Å². The molecule has 0 bridgehead atoms. The summed E-state index contributed by atoms with van der Waals surface area (Å²) >= 11 is 0. The molecule has 1 fully saturated rings. The van der Waals surface area contributed by atoms with Crippen molar-refractivity contribution >= 4 is 5.97 Å². The van der Waals surface area contributed by atoms with Crippen molar-refractivity contribution in [1.82, 2.24) is 4.90 Å². The Morgan fingerprint density at radius 2 is 1.11 bits per heavy atom. The van der Waals surface area contributed by atoms with Gasteiger partial charge in [-0.25, -0.2) is 0 Å². The molecule has 0 amide bonds. The Bertz CT molecular complexity index is 1170. The first-order chi connectivity index (χ1) is 18.2. The fraction of sp³-hybridized carbons (Fsp3) is 0.265. The first-order valence-corrected chi connectivity index (χ1v) is 13.3. The lowest BCUT2D eigenvalue weighted by Crippen LogP contribution is -2.54. The lowest BCUT2D eigenvalue weighted by Gasteiger charge is -2.51. The SMILES string of the molecule is CCOC(=O)CC1(c2ccccc2)CCN(C(c2ccccc2)(c2ccccc2)c2ccccc2)CC1. The first kappa shape index (κ1) is 25.0. The topological polar surface area (TPSA) is 29.5 Å². The second-order valence-electron chi connectivity index (χ2n) is 9.92. The molecule has 1 aliphatic rings. The lowest BCUT2D eigenvalue weighted by molar-refractivity contribution is -0.145. The third kappa shape index (κ3) is 4.84. The third-order valence-corrected chi connectivity index (χ3v) is 7.94. The van der Waals surface area contributed by atoms with Crippen LogP contribution in [0, 0.1) is 0 Å². The summed E-state index contributed by atoms with van der Waals surface area (Å²) in [5.41, 5.74) is 4.32. The second-order valence-corrected chi connectivity index (χ2v) is 9.92. The van der Waals surface area contributed by atoms with Crippen LogP contribution in [0.15, 0.2) is 121 Å². The van der Waals surface area contributed by atoms with Crippen LogP contribution in [0.4, 0.5) is 0 Å². The number of hydrogen-bond donors (Lipinski definition) is 0. The zero-order chi connectivity index (χ0) is 25.6. The van der Waals surface area contributed by atoms with Crippen molar-refractivity contribution < 1.29 is 9.53 Å². The number of carbonyl (C=O) groups excluding carboxylic acids is 1. The predicted molar refractivity (Wildman–Crippen MR) is 149 cm³/mol. The molecule has 0 spiro atoms. The van der Waals surface area contributed by atoms with Gasteiger partial charge in [0.25, 0.3) is 0 Å². The molecule has 0 N–H and O–H groups in total. The normalized spacial score (nSPS) is 15.7. The van der Waals surface area contributed by atoms with Gasteiger partial charge >= 0.3 is 5.97 Å². The van der Waals surface area contributed by atoms with Crippen LogP contribution >= 0.6 is 0 Å². The van der Waals surface area contributed by atoms with Crippen molar-refractivity contribution in [2.45, 2.75) is 37.1 Å². The Balaban J connectivity index is 1.60. The van der Waals surface area contributed by atoms with E-state index in [4.69, 9.17) is 4.74 Å². The van der Waals surface area contributed by atoms with Crippen LogP contribution in [0.1, 0.15) is 48.4 Å². The van der Waals surface area contributed by atoms with Crippen LogP contribution in [0.25, 0.3) is 0 Å². The van der Waals surface area contributed by atoms with Crippen LogP contribution < -0.4 is 0 Å². The molecule has 1 heterocycles. The van der Waals surface area contributed by atoms with Gasteiger partial charge in [-0.2, -0.15) is 0 Å². The van der Waals surface area contributed by atoms with E-state index < -0.39 is 5.54 Å². The van der Waals surface area contributed by atoms with E-state index in [1.807, 2.05) is 13.0 Å². The highest BCUT2D eigenvalue weighted by Crippen LogP contribution is 2.47. The lowest BCUT2D eigenvalue weighted by atomic mass is 9.68. The van der Waals surface area contributed by atoms with Crippen molar-refractivity contribution in [1.29, 1.82) is 0 Å². The molecular formula is C34H35NO2. The van der Waals surface area contributed by atoms with Gasteiger partial charge in [0.2, 0.25) is 0 Å². The molecule has 3 nitrogen and oxygen atoms in total. The third-order valence-electron chi connectivity index (χ3n) is 7.94. The van der Waals surface area contributed by atoms with Crippen LogP contribution in [-0.2, 0) is 20.5 Å². The zero-order valence-corrected chi connectivity index (χ0v) is 21.6. The number of carbonyl (C=O) groups is 1. The maximum Gasteiger partial charge on any atom is 0.306 e. The summed E-state index contributed by atoms with van der Waals surface area (Å²) in [6.45, 7) is 4.00. The summed E-state index contributed by atoms with van der Waals surface area (Å²) in [4.78, 5) is 15.4. The Labute approximate surface area is 220 Å². The van der Waals surface area contributed by atoms with Gasteiger partial charge in [0.1, 0.15) is 0 Å². The van der Waals surface area contributed by atoms with Gasteiger partial charge in [-0.1, -0.05) is 121 Å². The highest BCUT2D eigenvalue weighted by molar-refractivity contribution is 5.71. The smallest absolute Gasteiger partial charge is 0.306 e. The van der Waals surface area contributed by atoms with Gasteiger partial charge in [0.05, 0.1) is 18.6 Å². The number of rotatable bonds is 8. The van der Waals surface area contributed by atoms with Crippen molar-refractivity contribution in [3.05, 3.63) is 144 Å².